The number of hydrogen-bond acceptors (Lipinski definition) is 10. The Hall–Kier alpha value is -3.08. The summed E-state index contributed by atoms with van der Waals surface area (Å²) in [6.45, 7) is 4.43. The van der Waals surface area contributed by atoms with Gasteiger partial charge in [0.25, 0.3) is 0 Å². The minimum Gasteiger partial charge on any atom is -0.462 e. The van der Waals surface area contributed by atoms with Crippen LogP contribution in [0.3, 0.4) is 0 Å². The third-order valence-electron chi connectivity index (χ3n) is 11.1. The van der Waals surface area contributed by atoms with Gasteiger partial charge in [-0.2, -0.15) is 0 Å². The van der Waals surface area contributed by atoms with Crippen LogP contribution in [-0.2, 0) is 42.2 Å². The average Bonchev–Trinajstić information content (AvgIpc) is 3.32. The Labute approximate surface area is 414 Å². The van der Waals surface area contributed by atoms with Crippen molar-refractivity contribution in [3.63, 3.8) is 0 Å². The molecule has 0 saturated carbocycles. The monoisotopic (exact) mass is 977 g/mol. The summed E-state index contributed by atoms with van der Waals surface area (Å²) in [5.74, 6) is -1.51. The van der Waals surface area contributed by atoms with Gasteiger partial charge in [-0.1, -0.05) is 190 Å². The summed E-state index contributed by atoms with van der Waals surface area (Å²) in [6.07, 6.45) is 54.4. The fraction of sp³-hybridized carbons (Fsp3) is 0.732. The molecule has 2 N–H and O–H groups in total. The molecule has 0 radical (unpaired) electrons. The molecule has 68 heavy (non-hydrogen) atoms. The Balaban J connectivity index is 4.81. The molecule has 0 aliphatic rings. The molecule has 0 heterocycles. The van der Waals surface area contributed by atoms with E-state index in [9.17, 15) is 28.9 Å². The number of ether oxygens (including phenoxy) is 3. The van der Waals surface area contributed by atoms with Crippen molar-refractivity contribution in [2.75, 3.05) is 26.4 Å². The van der Waals surface area contributed by atoms with Gasteiger partial charge in [0, 0.05) is 19.3 Å². The van der Waals surface area contributed by atoms with Crippen LogP contribution in [0.25, 0.3) is 0 Å². The first-order valence-electron chi connectivity index (χ1n) is 26.8. The van der Waals surface area contributed by atoms with Gasteiger partial charge in [-0.3, -0.25) is 23.4 Å². The zero-order valence-electron chi connectivity index (χ0n) is 43.1. The van der Waals surface area contributed by atoms with Gasteiger partial charge >= 0.3 is 25.7 Å². The quantitative estimate of drug-likeness (QED) is 0.0197. The topological polar surface area (TPSA) is 155 Å². The number of carbonyl (C=O) groups excluding carboxylic acids is 3. The second-order valence-electron chi connectivity index (χ2n) is 17.7. The maximum atomic E-state index is 12.9. The van der Waals surface area contributed by atoms with Gasteiger partial charge in [0.05, 0.1) is 19.8 Å². The largest absolute Gasteiger partial charge is 0.472 e. The van der Waals surface area contributed by atoms with Crippen molar-refractivity contribution in [2.45, 2.75) is 238 Å². The zero-order chi connectivity index (χ0) is 49.9. The molecular weight excluding hydrogens is 880 g/mol. The molecule has 0 bridgehead atoms. The Morgan fingerprint density at radius 3 is 1.21 bits per heavy atom. The van der Waals surface area contributed by atoms with Crippen LogP contribution in [0.4, 0.5) is 0 Å². The van der Waals surface area contributed by atoms with Crippen LogP contribution in [0.1, 0.15) is 226 Å². The van der Waals surface area contributed by atoms with E-state index in [1.807, 2.05) is 0 Å². The second kappa shape index (κ2) is 50.3. The first-order valence-corrected chi connectivity index (χ1v) is 28.3. The van der Waals surface area contributed by atoms with Crippen LogP contribution in [-0.4, -0.2) is 66.5 Å². The lowest BCUT2D eigenvalue weighted by Crippen LogP contribution is -2.30. The van der Waals surface area contributed by atoms with Crippen LogP contribution in [0, 0.1) is 0 Å². The van der Waals surface area contributed by atoms with Gasteiger partial charge in [-0.25, -0.2) is 4.57 Å². The fourth-order valence-corrected chi connectivity index (χ4v) is 7.81. The number of aliphatic hydroxyl groups is 1. The minimum absolute atomic E-state index is 0.135. The summed E-state index contributed by atoms with van der Waals surface area (Å²) in [4.78, 5) is 48.3. The van der Waals surface area contributed by atoms with Crippen LogP contribution in [0.15, 0.2) is 72.9 Å². The van der Waals surface area contributed by atoms with Crippen molar-refractivity contribution >= 4 is 25.7 Å². The molecule has 0 saturated heterocycles. The molecule has 0 amide bonds. The first kappa shape index (κ1) is 64.9. The van der Waals surface area contributed by atoms with E-state index in [1.165, 1.54) is 51.4 Å². The molecule has 0 spiro atoms. The van der Waals surface area contributed by atoms with Crippen molar-refractivity contribution < 1.29 is 52.2 Å². The van der Waals surface area contributed by atoms with Gasteiger partial charge < -0.3 is 24.2 Å². The lowest BCUT2D eigenvalue weighted by molar-refractivity contribution is -0.161. The standard InChI is InChI=1S/C56H97O11P/c1-4-7-10-13-16-19-21-23-25-26-28-30-32-35-38-41-44-47-56(60)67-53(49-63-54(58)45-42-39-36-34-31-29-27-24-22-20-17-14-11-8-5-2)51-65-68(61,62)64-50-52(48-57)66-55(59)46-43-40-37-33-18-15-12-9-6-3/h7,10,16-17,19-20,23-25,27-28,30,52-53,57H,4-6,8-9,11-15,18,21-22,26,29,31-51H2,1-3H3,(H,61,62)/b10-7-,19-16-,20-17-,25-23-,27-24-,30-28-. The number of phosphoric acid groups is 1. The molecule has 11 nitrogen and oxygen atoms in total. The lowest BCUT2D eigenvalue weighted by Gasteiger charge is -2.21. The van der Waals surface area contributed by atoms with E-state index in [1.54, 1.807) is 0 Å². The average molecular weight is 977 g/mol. The SMILES string of the molecule is CC/C=C\C/C=C\C/C=C\C/C=C\CCCCCCC(=O)OC(COC(=O)CCCCCCC/C=C\C/C=C\CCCCC)COP(=O)(O)OCC(CO)OC(=O)CCCCCCCCCCC. The van der Waals surface area contributed by atoms with Gasteiger partial charge in [0.2, 0.25) is 0 Å². The molecule has 0 aromatic heterocycles. The lowest BCUT2D eigenvalue weighted by atomic mass is 10.1. The first-order chi connectivity index (χ1) is 33.2. The summed E-state index contributed by atoms with van der Waals surface area (Å²) >= 11 is 0. The summed E-state index contributed by atoms with van der Waals surface area (Å²) in [5, 5.41) is 9.75. The van der Waals surface area contributed by atoms with E-state index in [2.05, 4.69) is 93.7 Å². The second-order valence-corrected chi connectivity index (χ2v) is 19.1. The van der Waals surface area contributed by atoms with Crippen LogP contribution < -0.4 is 0 Å². The summed E-state index contributed by atoms with van der Waals surface area (Å²) in [7, 11) is -4.75. The van der Waals surface area contributed by atoms with E-state index in [-0.39, 0.29) is 25.9 Å². The van der Waals surface area contributed by atoms with E-state index >= 15 is 0 Å². The van der Waals surface area contributed by atoms with Gasteiger partial charge in [0.15, 0.2) is 6.10 Å². The number of phosphoric ester groups is 1. The third-order valence-corrected chi connectivity index (χ3v) is 12.1. The van der Waals surface area contributed by atoms with E-state index in [4.69, 9.17) is 23.3 Å². The highest BCUT2D eigenvalue weighted by Crippen LogP contribution is 2.43. The molecule has 0 aliphatic heterocycles. The summed E-state index contributed by atoms with van der Waals surface area (Å²) in [5.41, 5.74) is 0. The van der Waals surface area contributed by atoms with Crippen LogP contribution >= 0.6 is 7.82 Å². The summed E-state index contributed by atoms with van der Waals surface area (Å²) in [6, 6.07) is 0. The molecule has 12 heteroatoms. The number of hydrogen-bond donors (Lipinski definition) is 2. The van der Waals surface area contributed by atoms with Crippen LogP contribution in [0.5, 0.6) is 0 Å². The van der Waals surface area contributed by atoms with Crippen molar-refractivity contribution in [3.05, 3.63) is 72.9 Å². The predicted molar refractivity (Wildman–Crippen MR) is 279 cm³/mol. The van der Waals surface area contributed by atoms with E-state index < -0.39 is 57.8 Å². The summed E-state index contributed by atoms with van der Waals surface area (Å²) < 4.78 is 39.3. The minimum atomic E-state index is -4.75. The molecule has 0 fully saturated rings. The highest BCUT2D eigenvalue weighted by Gasteiger charge is 2.28. The fourth-order valence-electron chi connectivity index (χ4n) is 7.02. The van der Waals surface area contributed by atoms with Gasteiger partial charge in [-0.15, -0.1) is 0 Å². The number of rotatable bonds is 49. The van der Waals surface area contributed by atoms with Crippen molar-refractivity contribution in [1.29, 1.82) is 0 Å². The number of unbranched alkanes of at least 4 members (excludes halogenated alkanes) is 20. The van der Waals surface area contributed by atoms with Crippen LogP contribution in [0.2, 0.25) is 0 Å². The molecule has 3 atom stereocenters. The molecule has 392 valence electrons. The normalized spacial score (nSPS) is 14.0. The van der Waals surface area contributed by atoms with Crippen molar-refractivity contribution in [3.8, 4) is 0 Å². The Kier molecular flexibility index (Phi) is 48.0. The zero-order valence-corrected chi connectivity index (χ0v) is 43.9. The van der Waals surface area contributed by atoms with E-state index in [0.717, 1.165) is 116 Å². The third kappa shape index (κ3) is 48.0. The highest BCUT2D eigenvalue weighted by atomic mass is 31.2. The Morgan fingerprint density at radius 1 is 0.426 bits per heavy atom. The molecule has 0 aromatic carbocycles. The predicted octanol–water partition coefficient (Wildman–Crippen LogP) is 15.4. The number of aliphatic hydroxyl groups excluding tert-OH is 1. The number of carbonyl (C=O) groups is 3. The molecule has 3 unspecified atom stereocenters. The van der Waals surface area contributed by atoms with Crippen molar-refractivity contribution in [2.24, 2.45) is 0 Å². The highest BCUT2D eigenvalue weighted by molar-refractivity contribution is 7.47. The number of esters is 3. The van der Waals surface area contributed by atoms with Gasteiger partial charge in [0.1, 0.15) is 12.7 Å². The Morgan fingerprint density at radius 2 is 0.765 bits per heavy atom. The number of allylic oxidation sites excluding steroid dienone is 12. The Bertz CT molecular complexity index is 1420. The maximum absolute atomic E-state index is 12.9. The van der Waals surface area contributed by atoms with Crippen molar-refractivity contribution in [1.82, 2.24) is 0 Å². The molecule has 0 rings (SSSR count). The molecular formula is C56H97O11P. The maximum Gasteiger partial charge on any atom is 0.472 e. The molecule has 0 aliphatic carbocycles. The van der Waals surface area contributed by atoms with Gasteiger partial charge in [-0.05, 0) is 89.9 Å². The smallest absolute Gasteiger partial charge is 0.462 e. The van der Waals surface area contributed by atoms with E-state index in [0.29, 0.717) is 19.3 Å². The molecule has 0 aromatic rings.